The van der Waals surface area contributed by atoms with Gasteiger partial charge in [0.05, 0.1) is 10.7 Å². The monoisotopic (exact) mass is 443 g/mol. The molecular formula is C23H29N3O4S. The number of nitro groups is 1. The van der Waals surface area contributed by atoms with E-state index in [9.17, 15) is 19.7 Å². The zero-order valence-corrected chi connectivity index (χ0v) is 18.8. The topological polar surface area (TPSA) is 92.6 Å². The third kappa shape index (κ3) is 8.05. The summed E-state index contributed by atoms with van der Waals surface area (Å²) in [4.78, 5) is 37.4. The lowest BCUT2D eigenvalue weighted by atomic mass is 10.1. The number of non-ortho nitro benzene ring substituents is 1. The quantitative estimate of drug-likeness (QED) is 0.398. The summed E-state index contributed by atoms with van der Waals surface area (Å²) in [5, 5.41) is 13.6. The number of carbonyl (C=O) groups is 2. The first-order valence-corrected chi connectivity index (χ1v) is 11.5. The zero-order chi connectivity index (χ0) is 22.6. The number of nitrogens with zero attached hydrogens (tertiary/aromatic N) is 2. The van der Waals surface area contributed by atoms with Crippen LogP contribution in [-0.4, -0.2) is 46.5 Å². The van der Waals surface area contributed by atoms with Gasteiger partial charge < -0.3 is 10.2 Å². The summed E-state index contributed by atoms with van der Waals surface area (Å²) < 4.78 is 0. The molecule has 2 rings (SSSR count). The Hall–Kier alpha value is -2.87. The third-order valence-corrected chi connectivity index (χ3v) is 5.83. The predicted molar refractivity (Wildman–Crippen MR) is 124 cm³/mol. The lowest BCUT2D eigenvalue weighted by molar-refractivity contribution is -0.384. The fourth-order valence-electron chi connectivity index (χ4n) is 3.02. The van der Waals surface area contributed by atoms with Crippen LogP contribution in [0.5, 0.6) is 0 Å². The van der Waals surface area contributed by atoms with E-state index < -0.39 is 11.0 Å². The average molecular weight is 444 g/mol. The molecule has 0 fully saturated rings. The van der Waals surface area contributed by atoms with E-state index in [-0.39, 0.29) is 23.3 Å². The van der Waals surface area contributed by atoms with Crippen LogP contribution in [0.1, 0.15) is 31.4 Å². The van der Waals surface area contributed by atoms with Crippen molar-refractivity contribution in [3.63, 3.8) is 0 Å². The highest BCUT2D eigenvalue weighted by Crippen LogP contribution is 2.18. The lowest BCUT2D eigenvalue weighted by Gasteiger charge is -2.28. The van der Waals surface area contributed by atoms with Crippen molar-refractivity contribution in [1.82, 2.24) is 10.2 Å². The number of rotatable bonds is 12. The van der Waals surface area contributed by atoms with Crippen molar-refractivity contribution in [3.05, 3.63) is 75.8 Å². The van der Waals surface area contributed by atoms with Gasteiger partial charge in [0.1, 0.15) is 6.04 Å². The highest BCUT2D eigenvalue weighted by atomic mass is 32.2. The molecule has 1 N–H and O–H groups in total. The number of thioether (sulfide) groups is 1. The van der Waals surface area contributed by atoms with Crippen molar-refractivity contribution in [2.75, 3.05) is 18.8 Å². The van der Waals surface area contributed by atoms with Gasteiger partial charge in [-0.05, 0) is 30.9 Å². The minimum atomic E-state index is -0.553. The second-order valence-corrected chi connectivity index (χ2v) is 8.19. The van der Waals surface area contributed by atoms with E-state index in [2.05, 4.69) is 5.32 Å². The Bertz CT molecular complexity index is 859. The largest absolute Gasteiger partial charge is 0.354 e. The minimum Gasteiger partial charge on any atom is -0.354 e. The van der Waals surface area contributed by atoms with Crippen molar-refractivity contribution < 1.29 is 14.5 Å². The molecule has 7 nitrogen and oxygen atoms in total. The summed E-state index contributed by atoms with van der Waals surface area (Å²) in [6.07, 6.45) is 1.51. The molecule has 2 aromatic rings. The van der Waals surface area contributed by atoms with Gasteiger partial charge >= 0.3 is 0 Å². The summed E-state index contributed by atoms with van der Waals surface area (Å²) >= 11 is 1.43. The molecule has 0 spiro atoms. The Kier molecular flexibility index (Phi) is 10.0. The Morgan fingerprint density at radius 3 is 2.39 bits per heavy atom. The zero-order valence-electron chi connectivity index (χ0n) is 18.0. The standard InChI is InChI=1S/C23H29N3O4S/c1-3-14-24-23(28)18(2)25(15-13-19-7-5-4-6-8-19)22(27)17-31-16-20-9-11-21(12-10-20)26(29)30/h4-12,18H,3,13-17H2,1-2H3,(H,24,28)/t18-/m1/s1. The van der Waals surface area contributed by atoms with Crippen molar-refractivity contribution in [1.29, 1.82) is 0 Å². The number of benzene rings is 2. The van der Waals surface area contributed by atoms with E-state index in [1.807, 2.05) is 37.3 Å². The molecule has 1 atom stereocenters. The average Bonchev–Trinajstić information content (AvgIpc) is 2.78. The number of hydrogen-bond donors (Lipinski definition) is 1. The lowest BCUT2D eigenvalue weighted by Crippen LogP contribution is -2.49. The molecule has 0 aliphatic rings. The Balaban J connectivity index is 1.96. The molecule has 166 valence electrons. The molecule has 31 heavy (non-hydrogen) atoms. The van der Waals surface area contributed by atoms with Gasteiger partial charge in [0, 0.05) is 31.0 Å². The van der Waals surface area contributed by atoms with Gasteiger partial charge in [-0.1, -0.05) is 49.4 Å². The van der Waals surface area contributed by atoms with Crippen molar-refractivity contribution >= 4 is 29.3 Å². The summed E-state index contributed by atoms with van der Waals surface area (Å²) in [5.41, 5.74) is 2.07. The fourth-order valence-corrected chi connectivity index (χ4v) is 3.89. The van der Waals surface area contributed by atoms with Crippen LogP contribution in [0.2, 0.25) is 0 Å². The van der Waals surface area contributed by atoms with Crippen LogP contribution < -0.4 is 5.32 Å². The van der Waals surface area contributed by atoms with Crippen molar-refractivity contribution in [3.8, 4) is 0 Å². The van der Waals surface area contributed by atoms with Crippen LogP contribution >= 0.6 is 11.8 Å². The Morgan fingerprint density at radius 1 is 1.10 bits per heavy atom. The highest BCUT2D eigenvalue weighted by molar-refractivity contribution is 7.99. The molecule has 0 saturated carbocycles. The van der Waals surface area contributed by atoms with Gasteiger partial charge in [-0.25, -0.2) is 0 Å². The molecule has 8 heteroatoms. The van der Waals surface area contributed by atoms with Gasteiger partial charge in [0.15, 0.2) is 0 Å². The molecule has 0 heterocycles. The number of nitrogens with one attached hydrogen (secondary N) is 1. The first kappa shape index (κ1) is 24.4. The number of nitro benzene ring substituents is 1. The normalized spacial score (nSPS) is 11.5. The van der Waals surface area contributed by atoms with Crippen LogP contribution in [0, 0.1) is 10.1 Å². The van der Waals surface area contributed by atoms with Crippen molar-refractivity contribution in [2.45, 2.75) is 38.5 Å². The highest BCUT2D eigenvalue weighted by Gasteiger charge is 2.25. The number of hydrogen-bond acceptors (Lipinski definition) is 5. The minimum absolute atomic E-state index is 0.0452. The van der Waals surface area contributed by atoms with E-state index in [0.717, 1.165) is 17.5 Å². The van der Waals surface area contributed by atoms with E-state index >= 15 is 0 Å². The smallest absolute Gasteiger partial charge is 0.269 e. The molecule has 0 bridgehead atoms. The van der Waals surface area contributed by atoms with Crippen LogP contribution in [0.3, 0.4) is 0 Å². The molecule has 2 amide bonds. The van der Waals surface area contributed by atoms with Crippen LogP contribution in [0.4, 0.5) is 5.69 Å². The van der Waals surface area contributed by atoms with Gasteiger partial charge in [-0.15, -0.1) is 11.8 Å². The first-order valence-electron chi connectivity index (χ1n) is 10.3. The SMILES string of the molecule is CCCNC(=O)[C@@H](C)N(CCc1ccccc1)C(=O)CSCc1ccc([N+](=O)[O-])cc1. The Morgan fingerprint density at radius 2 is 1.77 bits per heavy atom. The molecule has 0 aliphatic carbocycles. The summed E-state index contributed by atoms with van der Waals surface area (Å²) in [6, 6.07) is 15.6. The molecule has 0 radical (unpaired) electrons. The second kappa shape index (κ2) is 12.7. The second-order valence-electron chi connectivity index (χ2n) is 7.21. The summed E-state index contributed by atoms with van der Waals surface area (Å²) in [6.45, 7) is 4.79. The van der Waals surface area contributed by atoms with Crippen LogP contribution in [0.25, 0.3) is 0 Å². The predicted octanol–water partition coefficient (Wildman–Crippen LogP) is 3.81. The van der Waals surface area contributed by atoms with Crippen LogP contribution in [0.15, 0.2) is 54.6 Å². The molecule has 0 aliphatic heterocycles. The molecule has 0 saturated heterocycles. The molecule has 0 aromatic heterocycles. The maximum atomic E-state index is 13.0. The maximum absolute atomic E-state index is 13.0. The maximum Gasteiger partial charge on any atom is 0.269 e. The summed E-state index contributed by atoms with van der Waals surface area (Å²) in [5.74, 6) is 0.551. The van der Waals surface area contributed by atoms with Gasteiger partial charge in [-0.2, -0.15) is 0 Å². The summed E-state index contributed by atoms with van der Waals surface area (Å²) in [7, 11) is 0. The third-order valence-electron chi connectivity index (χ3n) is 4.84. The van der Waals surface area contributed by atoms with E-state index in [4.69, 9.17) is 0 Å². The number of carbonyl (C=O) groups excluding carboxylic acids is 2. The van der Waals surface area contributed by atoms with E-state index in [1.165, 1.54) is 23.9 Å². The Labute approximate surface area is 187 Å². The number of amides is 2. The fraction of sp³-hybridized carbons (Fsp3) is 0.391. The van der Waals surface area contributed by atoms with Gasteiger partial charge in [0.2, 0.25) is 11.8 Å². The molecule has 0 unspecified atom stereocenters. The van der Waals surface area contributed by atoms with Gasteiger partial charge in [0.25, 0.3) is 5.69 Å². The van der Waals surface area contributed by atoms with Gasteiger partial charge in [-0.3, -0.25) is 19.7 Å². The van der Waals surface area contributed by atoms with Crippen LogP contribution in [-0.2, 0) is 21.8 Å². The van der Waals surface area contributed by atoms with Crippen molar-refractivity contribution in [2.24, 2.45) is 0 Å². The van der Waals surface area contributed by atoms with E-state index in [1.54, 1.807) is 24.0 Å². The van der Waals surface area contributed by atoms with E-state index in [0.29, 0.717) is 25.3 Å². The molecular weight excluding hydrogens is 414 g/mol. The molecule has 2 aromatic carbocycles. The first-order chi connectivity index (χ1) is 14.9.